The SMILES string of the molecule is CNC(=O)CCNC(=O)C(Cc1ccccc1)C(N)=NO. The van der Waals surface area contributed by atoms with Gasteiger partial charge in [-0.3, -0.25) is 9.59 Å². The number of nitrogens with zero attached hydrogens (tertiary/aromatic N) is 1. The number of carbonyl (C=O) groups excluding carboxylic acids is 2. The highest BCUT2D eigenvalue weighted by molar-refractivity contribution is 6.02. The summed E-state index contributed by atoms with van der Waals surface area (Å²) >= 11 is 0. The summed E-state index contributed by atoms with van der Waals surface area (Å²) < 4.78 is 0. The second-order valence-electron chi connectivity index (χ2n) is 4.48. The van der Waals surface area contributed by atoms with Gasteiger partial charge in [0.25, 0.3) is 0 Å². The fourth-order valence-electron chi connectivity index (χ4n) is 1.80. The summed E-state index contributed by atoms with van der Waals surface area (Å²) in [7, 11) is 1.53. The fraction of sp³-hybridized carbons (Fsp3) is 0.357. The van der Waals surface area contributed by atoms with Crippen LogP contribution >= 0.6 is 0 Å². The van der Waals surface area contributed by atoms with Crippen molar-refractivity contribution < 1.29 is 14.8 Å². The maximum atomic E-state index is 12.1. The molecule has 21 heavy (non-hydrogen) atoms. The number of amides is 2. The van der Waals surface area contributed by atoms with E-state index in [1.807, 2.05) is 30.3 Å². The highest BCUT2D eigenvalue weighted by Crippen LogP contribution is 2.09. The summed E-state index contributed by atoms with van der Waals surface area (Å²) in [6.07, 6.45) is 0.499. The number of nitrogens with two attached hydrogens (primary N) is 1. The average Bonchev–Trinajstić information content (AvgIpc) is 2.52. The monoisotopic (exact) mass is 292 g/mol. The van der Waals surface area contributed by atoms with E-state index in [9.17, 15) is 9.59 Å². The molecule has 0 aliphatic carbocycles. The lowest BCUT2D eigenvalue weighted by atomic mass is 9.97. The Bertz CT molecular complexity index is 502. The number of benzene rings is 1. The van der Waals surface area contributed by atoms with E-state index in [0.29, 0.717) is 6.42 Å². The molecule has 0 aliphatic rings. The van der Waals surface area contributed by atoms with E-state index in [1.54, 1.807) is 0 Å². The molecule has 1 rings (SSSR count). The van der Waals surface area contributed by atoms with Crippen molar-refractivity contribution in [2.45, 2.75) is 12.8 Å². The largest absolute Gasteiger partial charge is 0.409 e. The van der Waals surface area contributed by atoms with Crippen molar-refractivity contribution in [3.05, 3.63) is 35.9 Å². The topological polar surface area (TPSA) is 117 Å². The van der Waals surface area contributed by atoms with Gasteiger partial charge in [0.15, 0.2) is 5.84 Å². The summed E-state index contributed by atoms with van der Waals surface area (Å²) in [6.45, 7) is 0.197. The van der Waals surface area contributed by atoms with Crippen molar-refractivity contribution in [1.82, 2.24) is 10.6 Å². The van der Waals surface area contributed by atoms with Crippen LogP contribution in [0.5, 0.6) is 0 Å². The van der Waals surface area contributed by atoms with Gasteiger partial charge >= 0.3 is 0 Å². The minimum atomic E-state index is -0.776. The first kappa shape index (κ1) is 16.5. The molecular weight excluding hydrogens is 272 g/mol. The number of rotatable bonds is 7. The molecule has 0 saturated carbocycles. The first-order chi connectivity index (χ1) is 10.1. The minimum absolute atomic E-state index is 0.156. The number of nitrogens with one attached hydrogen (secondary N) is 2. The zero-order valence-corrected chi connectivity index (χ0v) is 11.9. The van der Waals surface area contributed by atoms with Crippen molar-refractivity contribution in [2.75, 3.05) is 13.6 Å². The van der Waals surface area contributed by atoms with E-state index in [0.717, 1.165) is 5.56 Å². The summed E-state index contributed by atoms with van der Waals surface area (Å²) in [5, 5.41) is 16.8. The molecule has 2 amide bonds. The summed E-state index contributed by atoms with van der Waals surface area (Å²) in [5.41, 5.74) is 6.48. The second kappa shape index (κ2) is 8.57. The Morgan fingerprint density at radius 1 is 1.33 bits per heavy atom. The molecule has 0 radical (unpaired) electrons. The van der Waals surface area contributed by atoms with Crippen LogP contribution in [0.25, 0.3) is 0 Å². The van der Waals surface area contributed by atoms with E-state index in [-0.39, 0.29) is 30.6 Å². The molecular formula is C14H20N4O3. The van der Waals surface area contributed by atoms with Gasteiger partial charge in [0.1, 0.15) is 5.92 Å². The number of hydrogen-bond acceptors (Lipinski definition) is 4. The number of carbonyl (C=O) groups is 2. The maximum Gasteiger partial charge on any atom is 0.231 e. The Balaban J connectivity index is 2.65. The van der Waals surface area contributed by atoms with Crippen molar-refractivity contribution in [2.24, 2.45) is 16.8 Å². The Kier molecular flexibility index (Phi) is 6.73. The number of hydrogen-bond donors (Lipinski definition) is 4. The van der Waals surface area contributed by atoms with E-state index in [2.05, 4.69) is 15.8 Å². The molecule has 1 aromatic rings. The van der Waals surface area contributed by atoms with Crippen LogP contribution in [0.2, 0.25) is 0 Å². The van der Waals surface area contributed by atoms with Crippen molar-refractivity contribution in [3.63, 3.8) is 0 Å². The first-order valence-electron chi connectivity index (χ1n) is 6.58. The average molecular weight is 292 g/mol. The van der Waals surface area contributed by atoms with Gasteiger partial charge in [0.2, 0.25) is 11.8 Å². The van der Waals surface area contributed by atoms with Gasteiger partial charge < -0.3 is 21.6 Å². The third-order valence-electron chi connectivity index (χ3n) is 3.00. The predicted octanol–water partition coefficient (Wildman–Crippen LogP) is -0.156. The number of amidine groups is 1. The second-order valence-corrected chi connectivity index (χ2v) is 4.48. The Hall–Kier alpha value is -2.57. The molecule has 0 heterocycles. The molecule has 0 aromatic heterocycles. The third kappa shape index (κ3) is 5.52. The van der Waals surface area contributed by atoms with Gasteiger partial charge in [-0.2, -0.15) is 0 Å². The van der Waals surface area contributed by atoms with Gasteiger partial charge in [-0.1, -0.05) is 35.5 Å². The Morgan fingerprint density at radius 3 is 2.57 bits per heavy atom. The minimum Gasteiger partial charge on any atom is -0.409 e. The Morgan fingerprint density at radius 2 is 2.00 bits per heavy atom. The van der Waals surface area contributed by atoms with Crippen molar-refractivity contribution in [3.8, 4) is 0 Å². The van der Waals surface area contributed by atoms with Gasteiger partial charge in [-0.05, 0) is 12.0 Å². The quantitative estimate of drug-likeness (QED) is 0.242. The first-order valence-corrected chi connectivity index (χ1v) is 6.58. The molecule has 7 nitrogen and oxygen atoms in total. The predicted molar refractivity (Wildman–Crippen MR) is 78.7 cm³/mol. The van der Waals surface area contributed by atoms with E-state index >= 15 is 0 Å². The molecule has 5 N–H and O–H groups in total. The molecule has 0 aliphatic heterocycles. The normalized spacial score (nSPS) is 12.5. The molecule has 114 valence electrons. The summed E-state index contributed by atoms with van der Waals surface area (Å²) in [5.74, 6) is -1.48. The maximum absolute atomic E-state index is 12.1. The zero-order chi connectivity index (χ0) is 15.7. The van der Waals surface area contributed by atoms with Crippen LogP contribution in [-0.2, 0) is 16.0 Å². The van der Waals surface area contributed by atoms with Crippen LogP contribution in [0.1, 0.15) is 12.0 Å². The van der Waals surface area contributed by atoms with Crippen LogP contribution in [0.4, 0.5) is 0 Å². The molecule has 1 atom stereocenters. The summed E-state index contributed by atoms with van der Waals surface area (Å²) in [4.78, 5) is 23.2. The van der Waals surface area contributed by atoms with E-state index in [1.165, 1.54) is 7.05 Å². The number of oxime groups is 1. The standard InChI is InChI=1S/C14H20N4O3/c1-16-12(19)7-8-17-14(20)11(13(15)18-21)9-10-5-3-2-4-6-10/h2-6,11,21H,7-9H2,1H3,(H2,15,18)(H,16,19)(H,17,20). The lowest BCUT2D eigenvalue weighted by Gasteiger charge is -2.15. The zero-order valence-electron chi connectivity index (χ0n) is 11.9. The third-order valence-corrected chi connectivity index (χ3v) is 3.00. The molecule has 0 saturated heterocycles. The van der Waals surface area contributed by atoms with Crippen LogP contribution in [0, 0.1) is 5.92 Å². The molecule has 0 bridgehead atoms. The fourth-order valence-corrected chi connectivity index (χ4v) is 1.80. The molecule has 0 fully saturated rings. The van der Waals surface area contributed by atoms with Gasteiger partial charge in [-0.25, -0.2) is 0 Å². The van der Waals surface area contributed by atoms with Crippen LogP contribution in [0.3, 0.4) is 0 Å². The van der Waals surface area contributed by atoms with Crippen molar-refractivity contribution in [1.29, 1.82) is 0 Å². The lowest BCUT2D eigenvalue weighted by Crippen LogP contribution is -2.41. The molecule has 1 aromatic carbocycles. The van der Waals surface area contributed by atoms with Gasteiger partial charge in [-0.15, -0.1) is 0 Å². The molecule has 7 heteroatoms. The molecule has 1 unspecified atom stereocenters. The van der Waals surface area contributed by atoms with E-state index < -0.39 is 5.92 Å². The highest BCUT2D eigenvalue weighted by Gasteiger charge is 2.23. The van der Waals surface area contributed by atoms with Crippen LogP contribution in [-0.4, -0.2) is 36.4 Å². The van der Waals surface area contributed by atoms with Gasteiger partial charge in [0.05, 0.1) is 0 Å². The van der Waals surface area contributed by atoms with Crippen LogP contribution in [0.15, 0.2) is 35.5 Å². The summed E-state index contributed by atoms with van der Waals surface area (Å²) in [6, 6.07) is 9.28. The van der Waals surface area contributed by atoms with Crippen LogP contribution < -0.4 is 16.4 Å². The van der Waals surface area contributed by atoms with Crippen molar-refractivity contribution >= 4 is 17.6 Å². The lowest BCUT2D eigenvalue weighted by molar-refractivity contribution is -0.123. The van der Waals surface area contributed by atoms with Gasteiger partial charge in [0, 0.05) is 20.0 Å². The highest BCUT2D eigenvalue weighted by atomic mass is 16.4. The van der Waals surface area contributed by atoms with E-state index in [4.69, 9.17) is 10.9 Å². The Labute approximate surface area is 123 Å². The molecule has 0 spiro atoms. The smallest absolute Gasteiger partial charge is 0.231 e.